The third-order valence-electron chi connectivity index (χ3n) is 2.04. The minimum absolute atomic E-state index is 0. The summed E-state index contributed by atoms with van der Waals surface area (Å²) in [5.74, 6) is 0. The Morgan fingerprint density at radius 2 is 0.941 bits per heavy atom. The van der Waals surface area contributed by atoms with Gasteiger partial charge in [0, 0.05) is 47.2 Å². The zero-order chi connectivity index (χ0) is 13.1. The molecular formula is C10H20MoN2S4-2. The Balaban J connectivity index is -0.000000218. The van der Waals surface area contributed by atoms with Crippen LogP contribution in [0.1, 0.15) is 27.7 Å². The van der Waals surface area contributed by atoms with E-state index in [2.05, 4.69) is 0 Å². The molecule has 0 fully saturated rings. The van der Waals surface area contributed by atoms with E-state index >= 15 is 0 Å². The van der Waals surface area contributed by atoms with Gasteiger partial charge in [0.2, 0.25) is 0 Å². The smallest absolute Gasteiger partial charge is 0.0133 e. The van der Waals surface area contributed by atoms with Gasteiger partial charge in [-0.25, -0.2) is 0 Å². The minimum atomic E-state index is 0. The Labute approximate surface area is 142 Å². The largest absolute Gasteiger partial charge is 0.411 e. The van der Waals surface area contributed by atoms with Gasteiger partial charge in [-0.2, -0.15) is 0 Å². The maximum absolute atomic E-state index is 4.76. The topological polar surface area (TPSA) is 6.48 Å². The molecule has 2 nitrogen and oxygen atoms in total. The summed E-state index contributed by atoms with van der Waals surface area (Å²) in [6, 6.07) is 0. The molecular weight excluding hydrogens is 372 g/mol. The van der Waals surface area contributed by atoms with E-state index in [1.807, 2.05) is 37.5 Å². The SMILES string of the molecule is CCN(CC)C(=S)[S-].CCN(CC)C(=S)[S-].[Mo]. The van der Waals surface area contributed by atoms with Crippen molar-refractivity contribution in [3.8, 4) is 0 Å². The molecule has 17 heavy (non-hydrogen) atoms. The van der Waals surface area contributed by atoms with Gasteiger partial charge in [-0.1, -0.05) is 8.64 Å². The molecule has 0 saturated carbocycles. The number of nitrogens with zero attached hydrogens (tertiary/aromatic N) is 2. The quantitative estimate of drug-likeness (QED) is 0.409. The molecule has 0 radical (unpaired) electrons. The molecule has 0 heterocycles. The van der Waals surface area contributed by atoms with Crippen molar-refractivity contribution in [3.05, 3.63) is 0 Å². The van der Waals surface area contributed by atoms with Crippen LogP contribution in [-0.2, 0) is 46.3 Å². The second-order valence-corrected chi connectivity index (χ2v) is 4.94. The fourth-order valence-corrected chi connectivity index (χ4v) is 2.00. The van der Waals surface area contributed by atoms with Crippen molar-refractivity contribution in [2.45, 2.75) is 27.7 Å². The van der Waals surface area contributed by atoms with E-state index in [9.17, 15) is 0 Å². The molecule has 0 aliphatic heterocycles. The molecule has 0 aliphatic rings. The monoisotopic (exact) mass is 394 g/mol. The molecule has 0 aromatic carbocycles. The van der Waals surface area contributed by atoms with Gasteiger partial charge in [0.1, 0.15) is 0 Å². The van der Waals surface area contributed by atoms with Crippen molar-refractivity contribution < 1.29 is 21.1 Å². The normalized spacial score (nSPS) is 8.24. The summed E-state index contributed by atoms with van der Waals surface area (Å²) in [5.41, 5.74) is 0. The molecule has 0 bridgehead atoms. The molecule has 0 aliphatic carbocycles. The van der Waals surface area contributed by atoms with Crippen LogP contribution in [0.5, 0.6) is 0 Å². The molecule has 0 unspecified atom stereocenters. The molecule has 0 saturated heterocycles. The van der Waals surface area contributed by atoms with Gasteiger partial charge < -0.3 is 59.5 Å². The Hall–Kier alpha value is 0.908. The van der Waals surface area contributed by atoms with Crippen LogP contribution in [0.15, 0.2) is 0 Å². The fourth-order valence-electron chi connectivity index (χ4n) is 0.964. The Bertz CT molecular complexity index is 184. The van der Waals surface area contributed by atoms with Crippen molar-refractivity contribution in [2.75, 3.05) is 26.2 Å². The fraction of sp³-hybridized carbons (Fsp3) is 0.800. The molecule has 0 aromatic rings. The third-order valence-corrected chi connectivity index (χ3v) is 3.08. The first-order chi connectivity index (χ1) is 7.44. The van der Waals surface area contributed by atoms with Crippen molar-refractivity contribution in [1.29, 1.82) is 0 Å². The van der Waals surface area contributed by atoms with Gasteiger partial charge in [0.25, 0.3) is 0 Å². The summed E-state index contributed by atoms with van der Waals surface area (Å²) < 4.78 is 1.16. The number of hydrogen-bond acceptors (Lipinski definition) is 4. The molecule has 7 heteroatoms. The van der Waals surface area contributed by atoms with Gasteiger partial charge in [-0.15, -0.1) is 0 Å². The molecule has 102 valence electrons. The summed E-state index contributed by atoms with van der Waals surface area (Å²) in [5, 5.41) is 0. The summed E-state index contributed by atoms with van der Waals surface area (Å²) in [7, 11) is 0. The first-order valence-electron chi connectivity index (χ1n) is 5.36. The van der Waals surface area contributed by atoms with Crippen molar-refractivity contribution in [1.82, 2.24) is 9.80 Å². The van der Waals surface area contributed by atoms with Crippen LogP contribution in [0.4, 0.5) is 0 Å². The van der Waals surface area contributed by atoms with Crippen molar-refractivity contribution >= 4 is 58.3 Å². The van der Waals surface area contributed by atoms with Crippen LogP contribution in [0.2, 0.25) is 0 Å². The second-order valence-electron chi connectivity index (χ2n) is 2.88. The predicted molar refractivity (Wildman–Crippen MR) is 85.8 cm³/mol. The van der Waals surface area contributed by atoms with Crippen LogP contribution in [0, 0.1) is 0 Å². The van der Waals surface area contributed by atoms with Crippen LogP contribution in [0.25, 0.3) is 0 Å². The summed E-state index contributed by atoms with van der Waals surface area (Å²) in [6.07, 6.45) is 0. The van der Waals surface area contributed by atoms with Gasteiger partial charge in [0.15, 0.2) is 0 Å². The molecule has 0 atom stereocenters. The van der Waals surface area contributed by atoms with E-state index in [0.717, 1.165) is 26.2 Å². The van der Waals surface area contributed by atoms with E-state index in [-0.39, 0.29) is 21.1 Å². The van der Waals surface area contributed by atoms with Crippen molar-refractivity contribution in [3.63, 3.8) is 0 Å². The van der Waals surface area contributed by atoms with Crippen LogP contribution in [-0.4, -0.2) is 44.6 Å². The van der Waals surface area contributed by atoms with Crippen LogP contribution >= 0.6 is 24.4 Å². The molecule has 0 spiro atoms. The average molecular weight is 392 g/mol. The van der Waals surface area contributed by atoms with Gasteiger partial charge in [0.05, 0.1) is 0 Å². The summed E-state index contributed by atoms with van der Waals surface area (Å²) in [6.45, 7) is 11.9. The maximum atomic E-state index is 4.76. The Kier molecular flexibility index (Phi) is 20.3. The molecule has 0 rings (SSSR count). The minimum Gasteiger partial charge on any atom is -0.411 e. The summed E-state index contributed by atoms with van der Waals surface area (Å²) in [4.78, 5) is 3.93. The molecule has 0 N–H and O–H groups in total. The average Bonchev–Trinajstić information content (AvgIpc) is 2.21. The van der Waals surface area contributed by atoms with E-state index in [0.29, 0.717) is 8.64 Å². The Morgan fingerprint density at radius 1 is 0.765 bits per heavy atom. The van der Waals surface area contributed by atoms with Gasteiger partial charge in [-0.3, -0.25) is 0 Å². The predicted octanol–water partition coefficient (Wildman–Crippen LogP) is 2.32. The Morgan fingerprint density at radius 3 is 0.941 bits per heavy atom. The van der Waals surface area contributed by atoms with Gasteiger partial charge >= 0.3 is 0 Å². The van der Waals surface area contributed by atoms with Crippen LogP contribution < -0.4 is 0 Å². The first-order valence-corrected chi connectivity index (χ1v) is 6.99. The standard InChI is InChI=1S/2C5H11NS2.Mo/c2*1-3-6(4-2)5(7)8;/h2*3-4H2,1-2H3,(H,7,8);/p-2. The number of hydrogen-bond donors (Lipinski definition) is 0. The number of rotatable bonds is 4. The first kappa shape index (κ1) is 23.0. The maximum Gasteiger partial charge on any atom is 0.0133 e. The van der Waals surface area contributed by atoms with E-state index in [4.69, 9.17) is 49.7 Å². The summed E-state index contributed by atoms with van der Waals surface area (Å²) >= 11 is 19.0. The third kappa shape index (κ3) is 13.1. The number of thiocarbonyl (C=S) groups is 2. The van der Waals surface area contributed by atoms with E-state index in [1.165, 1.54) is 0 Å². The second kappa shape index (κ2) is 15.0. The zero-order valence-corrected chi connectivity index (χ0v) is 16.0. The zero-order valence-electron chi connectivity index (χ0n) is 10.8. The molecule has 0 aromatic heterocycles. The molecule has 0 amide bonds. The van der Waals surface area contributed by atoms with E-state index < -0.39 is 0 Å². The van der Waals surface area contributed by atoms with Crippen molar-refractivity contribution in [2.24, 2.45) is 0 Å². The van der Waals surface area contributed by atoms with Gasteiger partial charge in [-0.05, 0) is 27.7 Å². The van der Waals surface area contributed by atoms with Crippen LogP contribution in [0.3, 0.4) is 0 Å². The van der Waals surface area contributed by atoms with E-state index in [1.54, 1.807) is 0 Å².